The first kappa shape index (κ1) is 12.6. The van der Waals surface area contributed by atoms with E-state index < -0.39 is 0 Å². The summed E-state index contributed by atoms with van der Waals surface area (Å²) in [6.07, 6.45) is 2.54. The summed E-state index contributed by atoms with van der Waals surface area (Å²) in [6.45, 7) is 6.85. The zero-order valence-corrected chi connectivity index (χ0v) is 11.2. The highest BCUT2D eigenvalue weighted by Crippen LogP contribution is 2.17. The molecule has 1 saturated heterocycles. The summed E-state index contributed by atoms with van der Waals surface area (Å²) in [5, 5.41) is 3.75. The molecule has 0 unspecified atom stereocenters. The minimum absolute atomic E-state index is 0.462. The van der Waals surface area contributed by atoms with Crippen molar-refractivity contribution in [2.75, 3.05) is 20.1 Å². The molecule has 2 nitrogen and oxygen atoms in total. The first-order valence-corrected chi connectivity index (χ1v) is 6.66. The average molecular weight is 232 g/mol. The highest BCUT2D eigenvalue weighted by atomic mass is 15.1. The molecule has 1 aromatic carbocycles. The molecular weight excluding hydrogens is 208 g/mol. The molecule has 1 aliphatic rings. The summed E-state index contributed by atoms with van der Waals surface area (Å²) in [5.41, 5.74) is 2.73. The van der Waals surface area contributed by atoms with E-state index in [-0.39, 0.29) is 0 Å². The molecule has 0 radical (unpaired) electrons. The van der Waals surface area contributed by atoms with E-state index in [1.165, 1.54) is 37.1 Å². The Morgan fingerprint density at radius 1 is 1.18 bits per heavy atom. The second-order valence-electron chi connectivity index (χ2n) is 5.38. The second-order valence-corrected chi connectivity index (χ2v) is 5.38. The smallest absolute Gasteiger partial charge is 0.0294 e. The Labute approximate surface area is 105 Å². The van der Waals surface area contributed by atoms with Crippen molar-refractivity contribution in [2.24, 2.45) is 0 Å². The number of nitrogens with one attached hydrogen (secondary N) is 1. The van der Waals surface area contributed by atoms with E-state index in [9.17, 15) is 0 Å². The lowest BCUT2D eigenvalue weighted by Crippen LogP contribution is -2.41. The van der Waals surface area contributed by atoms with Gasteiger partial charge in [0.25, 0.3) is 0 Å². The van der Waals surface area contributed by atoms with Crippen molar-refractivity contribution in [1.29, 1.82) is 0 Å². The van der Waals surface area contributed by atoms with Gasteiger partial charge in [-0.2, -0.15) is 0 Å². The van der Waals surface area contributed by atoms with Crippen LogP contribution >= 0.6 is 0 Å². The summed E-state index contributed by atoms with van der Waals surface area (Å²) in [5.74, 6) is 0. The van der Waals surface area contributed by atoms with Crippen LogP contribution in [0.1, 0.15) is 36.9 Å². The van der Waals surface area contributed by atoms with Gasteiger partial charge in [-0.1, -0.05) is 29.8 Å². The lowest BCUT2D eigenvalue weighted by atomic mass is 10.0. The van der Waals surface area contributed by atoms with E-state index in [0.717, 1.165) is 0 Å². The van der Waals surface area contributed by atoms with Crippen LogP contribution in [0.2, 0.25) is 0 Å². The Hall–Kier alpha value is -0.860. The average Bonchev–Trinajstić information content (AvgIpc) is 2.33. The van der Waals surface area contributed by atoms with Gasteiger partial charge >= 0.3 is 0 Å². The number of rotatable bonds is 3. The standard InChI is InChI=1S/C15H24N2/c1-12-4-6-14(7-5-12)13(2)16-15-8-10-17(3)11-9-15/h4-7,13,15-16H,8-11H2,1-3H3/t13-/m0/s1. The molecule has 1 aliphatic heterocycles. The van der Waals surface area contributed by atoms with Crippen LogP contribution in [0.3, 0.4) is 0 Å². The molecule has 0 amide bonds. The van der Waals surface area contributed by atoms with Crippen molar-refractivity contribution in [3.05, 3.63) is 35.4 Å². The second kappa shape index (κ2) is 5.65. The fourth-order valence-electron chi connectivity index (χ4n) is 2.48. The van der Waals surface area contributed by atoms with Crippen LogP contribution in [0.5, 0.6) is 0 Å². The third-order valence-electron chi connectivity index (χ3n) is 3.78. The summed E-state index contributed by atoms with van der Waals surface area (Å²) in [4.78, 5) is 2.41. The van der Waals surface area contributed by atoms with Crippen LogP contribution in [0, 0.1) is 6.92 Å². The van der Waals surface area contributed by atoms with Crippen molar-refractivity contribution in [2.45, 2.75) is 38.8 Å². The molecule has 1 atom stereocenters. The van der Waals surface area contributed by atoms with Gasteiger partial charge in [-0.05, 0) is 52.4 Å². The van der Waals surface area contributed by atoms with Crippen molar-refractivity contribution < 1.29 is 0 Å². The quantitative estimate of drug-likeness (QED) is 0.862. The zero-order chi connectivity index (χ0) is 12.3. The highest BCUT2D eigenvalue weighted by Gasteiger charge is 2.18. The van der Waals surface area contributed by atoms with Crippen LogP contribution in [0.15, 0.2) is 24.3 Å². The number of piperidine rings is 1. The Balaban J connectivity index is 1.88. The molecule has 1 aromatic rings. The maximum atomic E-state index is 3.75. The third kappa shape index (κ3) is 3.55. The predicted molar refractivity (Wildman–Crippen MR) is 73.2 cm³/mol. The largest absolute Gasteiger partial charge is 0.307 e. The third-order valence-corrected chi connectivity index (χ3v) is 3.78. The molecule has 0 saturated carbocycles. The molecule has 1 fully saturated rings. The number of benzene rings is 1. The number of nitrogens with zero attached hydrogens (tertiary/aromatic N) is 1. The monoisotopic (exact) mass is 232 g/mol. The summed E-state index contributed by atoms with van der Waals surface area (Å²) in [7, 11) is 2.21. The van der Waals surface area contributed by atoms with Crippen LogP contribution in [-0.4, -0.2) is 31.1 Å². The van der Waals surface area contributed by atoms with Gasteiger partial charge in [0.1, 0.15) is 0 Å². The minimum atomic E-state index is 0.462. The van der Waals surface area contributed by atoms with Gasteiger partial charge in [0.05, 0.1) is 0 Å². The minimum Gasteiger partial charge on any atom is -0.307 e. The van der Waals surface area contributed by atoms with Crippen molar-refractivity contribution in [3.63, 3.8) is 0 Å². The molecule has 0 aliphatic carbocycles. The van der Waals surface area contributed by atoms with Crippen molar-refractivity contribution in [1.82, 2.24) is 10.2 Å². The van der Waals surface area contributed by atoms with Crippen LogP contribution in [0.4, 0.5) is 0 Å². The summed E-state index contributed by atoms with van der Waals surface area (Å²) >= 11 is 0. The lowest BCUT2D eigenvalue weighted by Gasteiger charge is -2.31. The highest BCUT2D eigenvalue weighted by molar-refractivity contribution is 5.23. The number of likely N-dealkylation sites (tertiary alicyclic amines) is 1. The zero-order valence-electron chi connectivity index (χ0n) is 11.2. The van der Waals surface area contributed by atoms with E-state index in [2.05, 4.69) is 55.4 Å². The fraction of sp³-hybridized carbons (Fsp3) is 0.600. The van der Waals surface area contributed by atoms with Gasteiger partial charge in [-0.3, -0.25) is 0 Å². The van der Waals surface area contributed by atoms with Gasteiger partial charge in [-0.15, -0.1) is 0 Å². The van der Waals surface area contributed by atoms with E-state index in [0.29, 0.717) is 12.1 Å². The Morgan fingerprint density at radius 3 is 2.35 bits per heavy atom. The maximum Gasteiger partial charge on any atom is 0.0294 e. The molecule has 0 aromatic heterocycles. The van der Waals surface area contributed by atoms with Crippen molar-refractivity contribution >= 4 is 0 Å². The first-order valence-electron chi connectivity index (χ1n) is 6.66. The Bertz CT molecular complexity index is 336. The topological polar surface area (TPSA) is 15.3 Å². The molecule has 0 spiro atoms. The number of hydrogen-bond acceptors (Lipinski definition) is 2. The molecule has 2 rings (SSSR count). The summed E-state index contributed by atoms with van der Waals surface area (Å²) < 4.78 is 0. The lowest BCUT2D eigenvalue weighted by molar-refractivity contribution is 0.226. The van der Waals surface area contributed by atoms with Crippen LogP contribution in [0.25, 0.3) is 0 Å². The van der Waals surface area contributed by atoms with Gasteiger partial charge in [0.2, 0.25) is 0 Å². The van der Waals surface area contributed by atoms with Crippen molar-refractivity contribution in [3.8, 4) is 0 Å². The van der Waals surface area contributed by atoms with Crippen LogP contribution in [-0.2, 0) is 0 Å². The Kier molecular flexibility index (Phi) is 4.19. The van der Waals surface area contributed by atoms with Gasteiger partial charge in [-0.25, -0.2) is 0 Å². The molecule has 2 heteroatoms. The normalized spacial score (nSPS) is 20.4. The SMILES string of the molecule is Cc1ccc([C@H](C)NC2CCN(C)CC2)cc1. The predicted octanol–water partition coefficient (Wildman–Crippen LogP) is 2.74. The number of hydrogen-bond donors (Lipinski definition) is 1. The van der Waals surface area contributed by atoms with Crippen LogP contribution < -0.4 is 5.32 Å². The molecule has 1 heterocycles. The van der Waals surface area contributed by atoms with Gasteiger partial charge in [0.15, 0.2) is 0 Å². The molecule has 0 bridgehead atoms. The molecular formula is C15H24N2. The maximum absolute atomic E-state index is 3.75. The molecule has 17 heavy (non-hydrogen) atoms. The van der Waals surface area contributed by atoms with E-state index in [4.69, 9.17) is 0 Å². The Morgan fingerprint density at radius 2 is 1.76 bits per heavy atom. The van der Waals surface area contributed by atoms with Gasteiger partial charge < -0.3 is 10.2 Å². The number of aryl methyl sites for hydroxylation is 1. The molecule has 1 N–H and O–H groups in total. The first-order chi connectivity index (χ1) is 8.15. The fourth-order valence-corrected chi connectivity index (χ4v) is 2.48. The molecule has 94 valence electrons. The van der Waals surface area contributed by atoms with E-state index in [1.807, 2.05) is 0 Å². The summed E-state index contributed by atoms with van der Waals surface area (Å²) in [6, 6.07) is 10.0. The van der Waals surface area contributed by atoms with Gasteiger partial charge in [0, 0.05) is 12.1 Å². The van der Waals surface area contributed by atoms with E-state index in [1.54, 1.807) is 0 Å². The van der Waals surface area contributed by atoms with E-state index >= 15 is 0 Å².